The van der Waals surface area contributed by atoms with Crippen molar-refractivity contribution in [3.8, 4) is 0 Å². The second-order valence-electron chi connectivity index (χ2n) is 7.15. The lowest BCUT2D eigenvalue weighted by atomic mass is 9.98. The Balaban J connectivity index is 1.47. The average molecular weight is 393 g/mol. The normalized spacial score (nSPS) is 16.1. The van der Waals surface area contributed by atoms with Crippen molar-refractivity contribution in [2.24, 2.45) is 0 Å². The number of amides is 2. The standard InChI is InChI=1S/C22H20FN3O3/c1-14-2-3-16(12-19(14)25-21(27)20-8-10-24-29-20)22(28)26-11-9-17(13-26)15-4-6-18(23)7-5-15/h2-8,10,12,17H,9,11,13H2,1H3,(H,25,27). The van der Waals surface area contributed by atoms with Gasteiger partial charge < -0.3 is 14.7 Å². The lowest BCUT2D eigenvalue weighted by molar-refractivity contribution is 0.0790. The van der Waals surface area contributed by atoms with Crippen molar-refractivity contribution in [3.05, 3.63) is 83.0 Å². The van der Waals surface area contributed by atoms with E-state index in [0.717, 1.165) is 17.5 Å². The second kappa shape index (κ2) is 7.87. The van der Waals surface area contributed by atoms with E-state index in [2.05, 4.69) is 10.5 Å². The van der Waals surface area contributed by atoms with Gasteiger partial charge in [0.05, 0.1) is 6.20 Å². The first kappa shape index (κ1) is 18.9. The van der Waals surface area contributed by atoms with Gasteiger partial charge in [-0.25, -0.2) is 4.39 Å². The number of anilines is 1. The van der Waals surface area contributed by atoms with Gasteiger partial charge >= 0.3 is 0 Å². The fraction of sp³-hybridized carbons (Fsp3) is 0.227. The lowest BCUT2D eigenvalue weighted by Crippen LogP contribution is -2.28. The number of benzene rings is 2. The van der Waals surface area contributed by atoms with Crippen molar-refractivity contribution in [2.45, 2.75) is 19.3 Å². The Hall–Kier alpha value is -3.48. The van der Waals surface area contributed by atoms with E-state index >= 15 is 0 Å². The van der Waals surface area contributed by atoms with Crippen LogP contribution in [0.1, 0.15) is 44.4 Å². The highest BCUT2D eigenvalue weighted by Gasteiger charge is 2.28. The molecule has 29 heavy (non-hydrogen) atoms. The van der Waals surface area contributed by atoms with Gasteiger partial charge in [-0.3, -0.25) is 9.59 Å². The summed E-state index contributed by atoms with van der Waals surface area (Å²) in [7, 11) is 0. The summed E-state index contributed by atoms with van der Waals surface area (Å²) in [6.07, 6.45) is 2.23. The summed E-state index contributed by atoms with van der Waals surface area (Å²) in [5, 5.41) is 6.28. The Bertz CT molecular complexity index is 1030. The summed E-state index contributed by atoms with van der Waals surface area (Å²) in [5.41, 5.74) is 2.92. The van der Waals surface area contributed by atoms with Crippen LogP contribution in [0, 0.1) is 12.7 Å². The number of nitrogens with one attached hydrogen (secondary N) is 1. The number of hydrogen-bond acceptors (Lipinski definition) is 4. The molecule has 0 spiro atoms. The van der Waals surface area contributed by atoms with Gasteiger partial charge in [0.1, 0.15) is 5.82 Å². The molecule has 0 radical (unpaired) electrons. The number of hydrogen-bond donors (Lipinski definition) is 1. The Morgan fingerprint density at radius 2 is 1.97 bits per heavy atom. The first-order valence-corrected chi connectivity index (χ1v) is 9.38. The topological polar surface area (TPSA) is 75.4 Å². The predicted octanol–water partition coefficient (Wildman–Crippen LogP) is 4.00. The molecule has 2 aromatic carbocycles. The molecule has 0 aliphatic carbocycles. The number of carbonyl (C=O) groups is 2. The number of nitrogens with zero attached hydrogens (tertiary/aromatic N) is 2. The molecule has 4 rings (SSSR count). The molecule has 1 aliphatic rings. The van der Waals surface area contributed by atoms with E-state index < -0.39 is 5.91 Å². The molecule has 0 saturated carbocycles. The van der Waals surface area contributed by atoms with Crippen molar-refractivity contribution >= 4 is 17.5 Å². The molecule has 1 fully saturated rings. The zero-order valence-corrected chi connectivity index (χ0v) is 15.9. The zero-order chi connectivity index (χ0) is 20.4. The minimum atomic E-state index is -0.423. The SMILES string of the molecule is Cc1ccc(C(=O)N2CCC(c3ccc(F)cc3)C2)cc1NC(=O)c1ccno1. The summed E-state index contributed by atoms with van der Waals surface area (Å²) in [5.74, 6) is -0.491. The summed E-state index contributed by atoms with van der Waals surface area (Å²) in [4.78, 5) is 27.0. The van der Waals surface area contributed by atoms with Crippen molar-refractivity contribution in [1.82, 2.24) is 10.1 Å². The zero-order valence-electron chi connectivity index (χ0n) is 15.9. The van der Waals surface area contributed by atoms with Gasteiger partial charge in [-0.15, -0.1) is 0 Å². The molecule has 148 valence electrons. The summed E-state index contributed by atoms with van der Waals surface area (Å²) >= 11 is 0. The van der Waals surface area contributed by atoms with Gasteiger partial charge in [0.25, 0.3) is 11.8 Å². The van der Waals surface area contributed by atoms with Crippen LogP contribution in [0.4, 0.5) is 10.1 Å². The fourth-order valence-electron chi connectivity index (χ4n) is 3.54. The minimum Gasteiger partial charge on any atom is -0.351 e. The van der Waals surface area contributed by atoms with Crippen LogP contribution in [-0.2, 0) is 0 Å². The smallest absolute Gasteiger partial charge is 0.294 e. The largest absolute Gasteiger partial charge is 0.351 e. The third-order valence-electron chi connectivity index (χ3n) is 5.21. The van der Waals surface area contributed by atoms with Crippen LogP contribution in [-0.4, -0.2) is 35.0 Å². The van der Waals surface area contributed by atoms with Crippen LogP contribution in [0.25, 0.3) is 0 Å². The summed E-state index contributed by atoms with van der Waals surface area (Å²) in [6.45, 7) is 3.07. The van der Waals surface area contributed by atoms with Crippen LogP contribution >= 0.6 is 0 Å². The molecule has 2 heterocycles. The maximum atomic E-state index is 13.1. The van der Waals surface area contributed by atoms with Crippen LogP contribution in [0.2, 0.25) is 0 Å². The summed E-state index contributed by atoms with van der Waals surface area (Å²) < 4.78 is 18.0. The highest BCUT2D eigenvalue weighted by Crippen LogP contribution is 2.29. The van der Waals surface area contributed by atoms with Crippen LogP contribution < -0.4 is 5.32 Å². The van der Waals surface area contributed by atoms with Crippen LogP contribution in [0.3, 0.4) is 0 Å². The molecule has 3 aromatic rings. The van der Waals surface area contributed by atoms with Crippen molar-refractivity contribution in [1.29, 1.82) is 0 Å². The molecule has 1 aromatic heterocycles. The van der Waals surface area contributed by atoms with Crippen molar-refractivity contribution in [3.63, 3.8) is 0 Å². The Morgan fingerprint density at radius 1 is 1.17 bits per heavy atom. The fourth-order valence-corrected chi connectivity index (χ4v) is 3.54. The Morgan fingerprint density at radius 3 is 2.69 bits per heavy atom. The quantitative estimate of drug-likeness (QED) is 0.727. The van der Waals surface area contributed by atoms with E-state index in [1.165, 1.54) is 24.4 Å². The number of likely N-dealkylation sites (tertiary alicyclic amines) is 1. The molecule has 0 bridgehead atoms. The van der Waals surface area contributed by atoms with Crippen molar-refractivity contribution < 1.29 is 18.5 Å². The average Bonchev–Trinajstić information content (AvgIpc) is 3.42. The third-order valence-corrected chi connectivity index (χ3v) is 5.21. The van der Waals surface area contributed by atoms with Crippen LogP contribution in [0.5, 0.6) is 0 Å². The van der Waals surface area contributed by atoms with Gasteiger partial charge in [0.15, 0.2) is 0 Å². The Labute approximate surface area is 167 Å². The molecule has 1 aliphatic heterocycles. The molecule has 1 saturated heterocycles. The van der Waals surface area contributed by atoms with E-state index in [1.54, 1.807) is 35.2 Å². The molecular formula is C22H20FN3O3. The summed E-state index contributed by atoms with van der Waals surface area (Å²) in [6, 6.07) is 13.2. The number of rotatable bonds is 4. The van der Waals surface area contributed by atoms with E-state index in [1.807, 2.05) is 6.92 Å². The van der Waals surface area contributed by atoms with E-state index in [9.17, 15) is 14.0 Å². The maximum Gasteiger partial charge on any atom is 0.294 e. The molecule has 6 nitrogen and oxygen atoms in total. The van der Waals surface area contributed by atoms with Gasteiger partial charge in [0.2, 0.25) is 5.76 Å². The Kier molecular flexibility index (Phi) is 5.12. The van der Waals surface area contributed by atoms with E-state index in [4.69, 9.17) is 4.52 Å². The number of aromatic nitrogens is 1. The first-order valence-electron chi connectivity index (χ1n) is 9.38. The molecule has 1 unspecified atom stereocenters. The highest BCUT2D eigenvalue weighted by atomic mass is 19.1. The number of halogens is 1. The third kappa shape index (κ3) is 4.03. The lowest BCUT2D eigenvalue weighted by Gasteiger charge is -2.18. The van der Waals surface area contributed by atoms with Gasteiger partial charge in [-0.2, -0.15) is 0 Å². The first-order chi connectivity index (χ1) is 14.0. The molecule has 1 atom stereocenters. The van der Waals surface area contributed by atoms with E-state index in [-0.39, 0.29) is 23.4 Å². The minimum absolute atomic E-state index is 0.0928. The van der Waals surface area contributed by atoms with Gasteiger partial charge in [0, 0.05) is 36.3 Å². The number of carbonyl (C=O) groups excluding carboxylic acids is 2. The van der Waals surface area contributed by atoms with Crippen molar-refractivity contribution in [2.75, 3.05) is 18.4 Å². The number of aryl methyl sites for hydroxylation is 1. The molecule has 2 amide bonds. The van der Waals surface area contributed by atoms with Gasteiger partial charge in [-0.05, 0) is 48.7 Å². The van der Waals surface area contributed by atoms with Crippen LogP contribution in [0.15, 0.2) is 59.3 Å². The predicted molar refractivity (Wildman–Crippen MR) is 105 cm³/mol. The van der Waals surface area contributed by atoms with E-state index in [0.29, 0.717) is 24.3 Å². The highest BCUT2D eigenvalue weighted by molar-refractivity contribution is 6.03. The molecular weight excluding hydrogens is 373 g/mol. The molecule has 7 heteroatoms. The maximum absolute atomic E-state index is 13.1. The second-order valence-corrected chi connectivity index (χ2v) is 7.15. The molecule has 1 N–H and O–H groups in total. The monoisotopic (exact) mass is 393 g/mol. The van der Waals surface area contributed by atoms with Gasteiger partial charge in [-0.1, -0.05) is 23.4 Å².